The highest BCUT2D eigenvalue weighted by atomic mass is 32.2. The van der Waals surface area contributed by atoms with E-state index in [9.17, 15) is 4.79 Å². The van der Waals surface area contributed by atoms with Crippen molar-refractivity contribution in [3.05, 3.63) is 84.4 Å². The quantitative estimate of drug-likeness (QED) is 0.377. The molecule has 0 atom stereocenters. The number of aryl methyl sites for hydroxylation is 1. The van der Waals surface area contributed by atoms with Gasteiger partial charge < -0.3 is 10.1 Å². The molecule has 7 heteroatoms. The van der Waals surface area contributed by atoms with Crippen LogP contribution in [0.3, 0.4) is 0 Å². The van der Waals surface area contributed by atoms with Crippen molar-refractivity contribution >= 4 is 23.4 Å². The first-order valence-electron chi connectivity index (χ1n) is 10.4. The summed E-state index contributed by atoms with van der Waals surface area (Å²) in [5.74, 6) is 1.51. The topological polar surface area (TPSA) is 69.0 Å². The summed E-state index contributed by atoms with van der Waals surface area (Å²) in [7, 11) is 1.64. The SMILES string of the molecule is CCc1ccccc1NC(=O)CSc1nnc(-c2ccccc2)n1-c1ccccc1OC. The summed E-state index contributed by atoms with van der Waals surface area (Å²) < 4.78 is 7.52. The molecule has 0 spiro atoms. The van der Waals surface area contributed by atoms with Crippen molar-refractivity contribution in [2.24, 2.45) is 0 Å². The molecule has 0 bridgehead atoms. The minimum atomic E-state index is -0.0910. The second kappa shape index (κ2) is 10.2. The van der Waals surface area contributed by atoms with E-state index in [-0.39, 0.29) is 11.7 Å². The Morgan fingerprint density at radius 3 is 2.47 bits per heavy atom. The van der Waals surface area contributed by atoms with Crippen molar-refractivity contribution in [1.82, 2.24) is 14.8 Å². The van der Waals surface area contributed by atoms with Crippen LogP contribution in [-0.2, 0) is 11.2 Å². The summed E-state index contributed by atoms with van der Waals surface area (Å²) in [4.78, 5) is 12.7. The molecule has 32 heavy (non-hydrogen) atoms. The lowest BCUT2D eigenvalue weighted by Gasteiger charge is -2.14. The number of benzene rings is 3. The van der Waals surface area contributed by atoms with Crippen LogP contribution in [0.5, 0.6) is 5.75 Å². The average Bonchev–Trinajstić information content (AvgIpc) is 3.27. The second-order valence-corrected chi connectivity index (χ2v) is 7.97. The van der Waals surface area contributed by atoms with E-state index < -0.39 is 0 Å². The number of rotatable bonds is 8. The molecule has 4 rings (SSSR count). The summed E-state index contributed by atoms with van der Waals surface area (Å²) in [5, 5.41) is 12.5. The highest BCUT2D eigenvalue weighted by Crippen LogP contribution is 2.32. The van der Waals surface area contributed by atoms with E-state index in [2.05, 4.69) is 22.4 Å². The van der Waals surface area contributed by atoms with Crippen LogP contribution in [0.2, 0.25) is 0 Å². The zero-order chi connectivity index (χ0) is 22.3. The fourth-order valence-electron chi connectivity index (χ4n) is 3.44. The number of para-hydroxylation sites is 3. The second-order valence-electron chi connectivity index (χ2n) is 7.03. The number of nitrogens with one attached hydrogen (secondary N) is 1. The molecule has 1 N–H and O–H groups in total. The number of ether oxygens (including phenoxy) is 1. The van der Waals surface area contributed by atoms with Gasteiger partial charge in [0.2, 0.25) is 5.91 Å². The van der Waals surface area contributed by atoms with Crippen molar-refractivity contribution in [2.75, 3.05) is 18.2 Å². The van der Waals surface area contributed by atoms with Gasteiger partial charge in [0.25, 0.3) is 0 Å². The molecule has 0 unspecified atom stereocenters. The van der Waals surface area contributed by atoms with Crippen LogP contribution in [0.25, 0.3) is 17.1 Å². The Bertz CT molecular complexity index is 1210. The van der Waals surface area contributed by atoms with E-state index in [1.165, 1.54) is 11.8 Å². The Hall–Kier alpha value is -3.58. The van der Waals surface area contributed by atoms with Crippen molar-refractivity contribution in [3.8, 4) is 22.8 Å². The van der Waals surface area contributed by atoms with E-state index in [1.807, 2.05) is 83.4 Å². The number of methoxy groups -OCH3 is 1. The Kier molecular flexibility index (Phi) is 6.87. The predicted molar refractivity (Wildman–Crippen MR) is 129 cm³/mol. The van der Waals surface area contributed by atoms with Crippen LogP contribution < -0.4 is 10.1 Å². The molecule has 1 heterocycles. The van der Waals surface area contributed by atoms with Crippen molar-refractivity contribution in [1.29, 1.82) is 0 Å². The third-order valence-corrected chi connectivity index (χ3v) is 5.93. The van der Waals surface area contributed by atoms with Gasteiger partial charge in [-0.2, -0.15) is 0 Å². The van der Waals surface area contributed by atoms with E-state index in [0.29, 0.717) is 16.7 Å². The maximum absolute atomic E-state index is 12.7. The van der Waals surface area contributed by atoms with Gasteiger partial charge in [-0.25, -0.2) is 0 Å². The Labute approximate surface area is 191 Å². The summed E-state index contributed by atoms with van der Waals surface area (Å²) >= 11 is 1.34. The third kappa shape index (κ3) is 4.68. The number of carbonyl (C=O) groups excluding carboxylic acids is 1. The largest absolute Gasteiger partial charge is 0.495 e. The van der Waals surface area contributed by atoms with Gasteiger partial charge in [-0.3, -0.25) is 9.36 Å². The van der Waals surface area contributed by atoms with Gasteiger partial charge in [0.05, 0.1) is 18.6 Å². The number of hydrogen-bond acceptors (Lipinski definition) is 5. The van der Waals surface area contributed by atoms with Crippen molar-refractivity contribution < 1.29 is 9.53 Å². The highest BCUT2D eigenvalue weighted by Gasteiger charge is 2.19. The Morgan fingerprint density at radius 1 is 0.969 bits per heavy atom. The number of aromatic nitrogens is 3. The molecule has 0 aliphatic heterocycles. The molecule has 0 aliphatic rings. The molecular weight excluding hydrogens is 420 g/mol. The molecule has 0 radical (unpaired) electrons. The van der Waals surface area contributed by atoms with Gasteiger partial charge in [-0.1, -0.05) is 79.3 Å². The van der Waals surface area contributed by atoms with Crippen molar-refractivity contribution in [2.45, 2.75) is 18.5 Å². The molecule has 0 fully saturated rings. The monoisotopic (exact) mass is 444 g/mol. The summed E-state index contributed by atoms with van der Waals surface area (Å²) in [6.45, 7) is 2.07. The third-order valence-electron chi connectivity index (χ3n) is 5.00. The lowest BCUT2D eigenvalue weighted by Crippen LogP contribution is -2.15. The van der Waals surface area contributed by atoms with Crippen LogP contribution in [0.15, 0.2) is 84.0 Å². The predicted octanol–water partition coefficient (Wildman–Crippen LogP) is 5.24. The number of thioether (sulfide) groups is 1. The number of nitrogens with zero attached hydrogens (tertiary/aromatic N) is 3. The van der Waals surface area contributed by atoms with E-state index in [0.717, 1.165) is 28.9 Å². The van der Waals surface area contributed by atoms with Crippen LogP contribution in [0, 0.1) is 0 Å². The fourth-order valence-corrected chi connectivity index (χ4v) is 4.18. The van der Waals surface area contributed by atoms with E-state index >= 15 is 0 Å². The first-order valence-corrected chi connectivity index (χ1v) is 11.3. The first-order chi connectivity index (χ1) is 15.7. The average molecular weight is 445 g/mol. The summed E-state index contributed by atoms with van der Waals surface area (Å²) in [5.41, 5.74) is 3.70. The molecule has 4 aromatic rings. The highest BCUT2D eigenvalue weighted by molar-refractivity contribution is 7.99. The van der Waals surface area contributed by atoms with Gasteiger partial charge in [0.15, 0.2) is 11.0 Å². The first kappa shape index (κ1) is 21.6. The smallest absolute Gasteiger partial charge is 0.234 e. The van der Waals surface area contributed by atoms with Crippen LogP contribution in [0.4, 0.5) is 5.69 Å². The Morgan fingerprint density at radius 2 is 1.69 bits per heavy atom. The minimum absolute atomic E-state index is 0.0910. The molecule has 1 aromatic heterocycles. The zero-order valence-corrected chi connectivity index (χ0v) is 18.8. The van der Waals surface area contributed by atoms with E-state index in [4.69, 9.17) is 4.74 Å². The van der Waals surface area contributed by atoms with Gasteiger partial charge >= 0.3 is 0 Å². The molecule has 6 nitrogen and oxygen atoms in total. The lowest BCUT2D eigenvalue weighted by molar-refractivity contribution is -0.113. The number of amides is 1. The molecule has 3 aromatic carbocycles. The minimum Gasteiger partial charge on any atom is -0.495 e. The van der Waals surface area contributed by atoms with Crippen LogP contribution >= 0.6 is 11.8 Å². The lowest BCUT2D eigenvalue weighted by atomic mass is 10.1. The van der Waals surface area contributed by atoms with Crippen LogP contribution in [0.1, 0.15) is 12.5 Å². The van der Waals surface area contributed by atoms with Gasteiger partial charge in [0, 0.05) is 11.3 Å². The molecule has 1 amide bonds. The standard InChI is InChI=1S/C25H24N4O2S/c1-3-18-11-7-8-14-20(18)26-23(30)17-32-25-28-27-24(19-12-5-4-6-13-19)29(25)21-15-9-10-16-22(21)31-2/h4-16H,3,17H2,1-2H3,(H,26,30). The number of anilines is 1. The zero-order valence-electron chi connectivity index (χ0n) is 18.0. The maximum atomic E-state index is 12.7. The summed E-state index contributed by atoms with van der Waals surface area (Å²) in [6.07, 6.45) is 0.853. The maximum Gasteiger partial charge on any atom is 0.234 e. The van der Waals surface area contributed by atoms with Gasteiger partial charge in [-0.15, -0.1) is 10.2 Å². The van der Waals surface area contributed by atoms with Gasteiger partial charge in [0.1, 0.15) is 5.75 Å². The van der Waals surface area contributed by atoms with Crippen LogP contribution in [-0.4, -0.2) is 33.5 Å². The molecule has 0 saturated carbocycles. The fraction of sp³-hybridized carbons (Fsp3) is 0.160. The number of carbonyl (C=O) groups is 1. The number of hydrogen-bond donors (Lipinski definition) is 1. The molecule has 0 aliphatic carbocycles. The molecular formula is C25H24N4O2S. The Balaban J connectivity index is 1.63. The summed E-state index contributed by atoms with van der Waals surface area (Å²) in [6, 6.07) is 25.4. The normalized spacial score (nSPS) is 10.7. The molecule has 0 saturated heterocycles. The molecule has 162 valence electrons. The van der Waals surface area contributed by atoms with Gasteiger partial charge in [-0.05, 0) is 30.2 Å². The van der Waals surface area contributed by atoms with E-state index in [1.54, 1.807) is 7.11 Å². The van der Waals surface area contributed by atoms with Crippen molar-refractivity contribution in [3.63, 3.8) is 0 Å².